The van der Waals surface area contributed by atoms with E-state index in [2.05, 4.69) is 69.6 Å². The van der Waals surface area contributed by atoms with Crippen LogP contribution in [0, 0.1) is 13.8 Å². The summed E-state index contributed by atoms with van der Waals surface area (Å²) in [4.78, 5) is 18.7. The molecule has 0 spiro atoms. The van der Waals surface area contributed by atoms with Gasteiger partial charge in [0.15, 0.2) is 5.82 Å². The monoisotopic (exact) mass is 522 g/mol. The maximum Gasteiger partial charge on any atom is 0.252 e. The van der Waals surface area contributed by atoms with E-state index in [9.17, 15) is 4.79 Å². The number of benzene rings is 3. The standard InChI is InChI=1S/C31H34N6O2/c1-5-29(30-33-34-35-37(30)19-23-9-7-6-8-10-23)36(18-24-11-13-26(39-4)14-12-24)20-25-17-27-22(3)15-21(2)16-28(27)32-31(25)38/h6-17,29H,5,18-20H2,1-4H3,(H,32,38). The van der Waals surface area contributed by atoms with Crippen molar-refractivity contribution in [1.82, 2.24) is 30.1 Å². The predicted octanol–water partition coefficient (Wildman–Crippen LogP) is 5.34. The molecule has 8 nitrogen and oxygen atoms in total. The summed E-state index contributed by atoms with van der Waals surface area (Å²) in [5.41, 5.74) is 6.00. The summed E-state index contributed by atoms with van der Waals surface area (Å²) in [6, 6.07) is 24.3. The second-order valence-corrected chi connectivity index (χ2v) is 10.0. The Hall–Kier alpha value is -4.30. The largest absolute Gasteiger partial charge is 0.497 e. The van der Waals surface area contributed by atoms with E-state index in [1.165, 1.54) is 0 Å². The summed E-state index contributed by atoms with van der Waals surface area (Å²) < 4.78 is 7.22. The van der Waals surface area contributed by atoms with Gasteiger partial charge in [-0.2, -0.15) is 0 Å². The van der Waals surface area contributed by atoms with E-state index in [4.69, 9.17) is 4.74 Å². The van der Waals surface area contributed by atoms with Gasteiger partial charge in [-0.15, -0.1) is 5.10 Å². The summed E-state index contributed by atoms with van der Waals surface area (Å²) in [6.45, 7) is 7.89. The van der Waals surface area contributed by atoms with Crippen LogP contribution in [0.3, 0.4) is 0 Å². The molecule has 0 saturated heterocycles. The van der Waals surface area contributed by atoms with E-state index in [0.717, 1.165) is 51.2 Å². The third-order valence-electron chi connectivity index (χ3n) is 7.17. The van der Waals surface area contributed by atoms with Crippen molar-refractivity contribution in [3.63, 3.8) is 0 Å². The second-order valence-electron chi connectivity index (χ2n) is 10.0. The summed E-state index contributed by atoms with van der Waals surface area (Å²) in [5, 5.41) is 13.9. The Kier molecular flexibility index (Phi) is 7.84. The number of aryl methyl sites for hydroxylation is 2. The molecular weight excluding hydrogens is 488 g/mol. The van der Waals surface area contributed by atoms with Crippen LogP contribution >= 0.6 is 0 Å². The molecule has 3 aromatic carbocycles. The minimum Gasteiger partial charge on any atom is -0.497 e. The predicted molar refractivity (Wildman–Crippen MR) is 153 cm³/mol. The van der Waals surface area contributed by atoms with Crippen LogP contribution in [0.5, 0.6) is 5.75 Å². The molecule has 8 heteroatoms. The number of nitrogens with one attached hydrogen (secondary N) is 1. The lowest BCUT2D eigenvalue weighted by molar-refractivity contribution is 0.161. The maximum atomic E-state index is 13.3. The average molecular weight is 523 g/mol. The third kappa shape index (κ3) is 5.91. The van der Waals surface area contributed by atoms with Gasteiger partial charge in [0.25, 0.3) is 5.56 Å². The van der Waals surface area contributed by atoms with Crippen LogP contribution in [0.15, 0.2) is 77.6 Å². The molecule has 1 atom stereocenters. The van der Waals surface area contributed by atoms with Crippen LogP contribution in [-0.2, 0) is 19.6 Å². The first-order chi connectivity index (χ1) is 18.9. The van der Waals surface area contributed by atoms with Gasteiger partial charge in [0, 0.05) is 29.6 Å². The maximum absolute atomic E-state index is 13.3. The number of aromatic nitrogens is 5. The highest BCUT2D eigenvalue weighted by Gasteiger charge is 2.26. The van der Waals surface area contributed by atoms with Crippen molar-refractivity contribution in [3.8, 4) is 5.75 Å². The van der Waals surface area contributed by atoms with Gasteiger partial charge >= 0.3 is 0 Å². The number of hydrogen-bond acceptors (Lipinski definition) is 6. The second kappa shape index (κ2) is 11.6. The van der Waals surface area contributed by atoms with Crippen LogP contribution in [0.2, 0.25) is 0 Å². The first-order valence-electron chi connectivity index (χ1n) is 13.2. The van der Waals surface area contributed by atoms with E-state index in [0.29, 0.717) is 25.2 Å². The lowest BCUT2D eigenvalue weighted by Gasteiger charge is -2.30. The van der Waals surface area contributed by atoms with Crippen molar-refractivity contribution >= 4 is 10.9 Å². The van der Waals surface area contributed by atoms with Gasteiger partial charge in [0.2, 0.25) is 0 Å². The molecule has 5 rings (SSSR count). The fourth-order valence-corrected chi connectivity index (χ4v) is 5.22. The SMILES string of the molecule is CCC(c1nnnn1Cc1ccccc1)N(Cc1ccc(OC)cc1)Cc1cc2c(C)cc(C)cc2[nH]c1=O. The molecule has 0 fully saturated rings. The van der Waals surface area contributed by atoms with Gasteiger partial charge < -0.3 is 9.72 Å². The number of pyridine rings is 1. The number of H-pyrrole nitrogens is 1. The molecule has 1 N–H and O–H groups in total. The number of rotatable bonds is 10. The average Bonchev–Trinajstić information content (AvgIpc) is 3.38. The minimum absolute atomic E-state index is 0.0778. The zero-order chi connectivity index (χ0) is 27.4. The van der Waals surface area contributed by atoms with Gasteiger partial charge in [-0.1, -0.05) is 55.5 Å². The Bertz CT molecular complexity index is 1610. The Morgan fingerprint density at radius 3 is 2.46 bits per heavy atom. The van der Waals surface area contributed by atoms with Crippen LogP contribution < -0.4 is 10.3 Å². The smallest absolute Gasteiger partial charge is 0.252 e. The molecular formula is C31H34N6O2. The molecule has 0 aliphatic carbocycles. The molecule has 0 aliphatic heterocycles. The Morgan fingerprint density at radius 1 is 0.974 bits per heavy atom. The lowest BCUT2D eigenvalue weighted by Crippen LogP contribution is -2.32. The Balaban J connectivity index is 1.53. The first kappa shape index (κ1) is 26.3. The number of nitrogens with zero attached hydrogens (tertiary/aromatic N) is 5. The van der Waals surface area contributed by atoms with Gasteiger partial charge in [-0.3, -0.25) is 9.69 Å². The van der Waals surface area contributed by atoms with Gasteiger partial charge in [-0.05, 0) is 77.2 Å². The van der Waals surface area contributed by atoms with E-state index in [1.54, 1.807) is 7.11 Å². The van der Waals surface area contributed by atoms with Crippen molar-refractivity contribution in [3.05, 3.63) is 117 Å². The molecule has 0 aliphatic rings. The van der Waals surface area contributed by atoms with Gasteiger partial charge in [0.1, 0.15) is 5.75 Å². The van der Waals surface area contributed by atoms with Crippen molar-refractivity contribution in [1.29, 1.82) is 0 Å². The molecule has 2 aromatic heterocycles. The fourth-order valence-electron chi connectivity index (χ4n) is 5.22. The fraction of sp³-hybridized carbons (Fsp3) is 0.290. The molecule has 39 heavy (non-hydrogen) atoms. The molecule has 0 bridgehead atoms. The molecule has 0 saturated carbocycles. The van der Waals surface area contributed by atoms with Crippen molar-refractivity contribution in [2.24, 2.45) is 0 Å². The Morgan fingerprint density at radius 2 is 1.74 bits per heavy atom. The van der Waals surface area contributed by atoms with Gasteiger partial charge in [-0.25, -0.2) is 4.68 Å². The molecule has 0 amide bonds. The van der Waals surface area contributed by atoms with Crippen molar-refractivity contribution in [2.75, 3.05) is 7.11 Å². The number of aromatic amines is 1. The number of ether oxygens (including phenoxy) is 1. The summed E-state index contributed by atoms with van der Waals surface area (Å²) in [6.07, 6.45) is 0.773. The van der Waals surface area contributed by atoms with Crippen LogP contribution in [0.25, 0.3) is 10.9 Å². The summed E-state index contributed by atoms with van der Waals surface area (Å²) in [5.74, 6) is 1.58. The lowest BCUT2D eigenvalue weighted by atomic mass is 10.0. The minimum atomic E-state index is -0.111. The summed E-state index contributed by atoms with van der Waals surface area (Å²) >= 11 is 0. The molecule has 5 aromatic rings. The van der Waals surface area contributed by atoms with Crippen molar-refractivity contribution < 1.29 is 4.74 Å². The molecule has 200 valence electrons. The Labute approximate surface area is 228 Å². The molecule has 1 unspecified atom stereocenters. The highest BCUT2D eigenvalue weighted by molar-refractivity contribution is 5.83. The molecule has 2 heterocycles. The van der Waals surface area contributed by atoms with Gasteiger partial charge in [0.05, 0.1) is 19.7 Å². The number of fused-ring (bicyclic) bond motifs is 1. The molecule has 0 radical (unpaired) electrons. The number of methoxy groups -OCH3 is 1. The number of tetrazole rings is 1. The zero-order valence-corrected chi connectivity index (χ0v) is 22.9. The normalized spacial score (nSPS) is 12.2. The van der Waals surface area contributed by atoms with Crippen molar-refractivity contribution in [2.45, 2.75) is 52.9 Å². The highest BCUT2D eigenvalue weighted by Crippen LogP contribution is 2.28. The topological polar surface area (TPSA) is 88.9 Å². The van der Waals surface area contributed by atoms with E-state index in [-0.39, 0.29) is 11.6 Å². The van der Waals surface area contributed by atoms with Crippen LogP contribution in [-0.4, -0.2) is 37.2 Å². The first-order valence-corrected chi connectivity index (χ1v) is 13.2. The van der Waals surface area contributed by atoms with E-state index >= 15 is 0 Å². The highest BCUT2D eigenvalue weighted by atomic mass is 16.5. The quantitative estimate of drug-likeness (QED) is 0.266. The zero-order valence-electron chi connectivity index (χ0n) is 22.9. The summed E-state index contributed by atoms with van der Waals surface area (Å²) in [7, 11) is 1.66. The van der Waals surface area contributed by atoms with E-state index < -0.39 is 0 Å². The van der Waals surface area contributed by atoms with Crippen LogP contribution in [0.1, 0.15) is 53.0 Å². The number of hydrogen-bond donors (Lipinski definition) is 1. The third-order valence-corrected chi connectivity index (χ3v) is 7.17. The van der Waals surface area contributed by atoms with Crippen LogP contribution in [0.4, 0.5) is 0 Å². The van der Waals surface area contributed by atoms with E-state index in [1.807, 2.05) is 54.1 Å².